The molecule has 1 fully saturated rings. The van der Waals surface area contributed by atoms with Gasteiger partial charge in [-0.3, -0.25) is 0 Å². The lowest BCUT2D eigenvalue weighted by atomic mass is 9.80. The number of rotatable bonds is 4. The number of nitrogens with zero attached hydrogens (tertiary/aromatic N) is 2. The third-order valence-electron chi connectivity index (χ3n) is 4.66. The van der Waals surface area contributed by atoms with Crippen LogP contribution >= 0.6 is 0 Å². The highest BCUT2D eigenvalue weighted by Gasteiger charge is 2.37. The molecular formula is C19H27N5O2S. The van der Waals surface area contributed by atoms with Crippen LogP contribution in [-0.4, -0.2) is 35.5 Å². The van der Waals surface area contributed by atoms with Crippen LogP contribution in [0.2, 0.25) is 0 Å². The van der Waals surface area contributed by atoms with E-state index < -0.39 is 10.0 Å². The van der Waals surface area contributed by atoms with Gasteiger partial charge in [0.1, 0.15) is 0 Å². The van der Waals surface area contributed by atoms with Crippen molar-refractivity contribution in [2.24, 2.45) is 5.14 Å². The second-order valence-electron chi connectivity index (χ2n) is 8.48. The number of benzene rings is 1. The Morgan fingerprint density at radius 2 is 1.67 bits per heavy atom. The molecule has 27 heavy (non-hydrogen) atoms. The maximum atomic E-state index is 11.4. The van der Waals surface area contributed by atoms with E-state index in [1.807, 2.05) is 0 Å². The Balaban J connectivity index is 1.80. The Labute approximate surface area is 160 Å². The van der Waals surface area contributed by atoms with Crippen molar-refractivity contribution in [1.29, 1.82) is 0 Å². The van der Waals surface area contributed by atoms with Crippen molar-refractivity contribution < 1.29 is 8.42 Å². The molecule has 1 aliphatic heterocycles. The molecule has 0 atom stereocenters. The molecule has 0 spiro atoms. The summed E-state index contributed by atoms with van der Waals surface area (Å²) in [7, 11) is -3.70. The molecule has 3 rings (SSSR count). The van der Waals surface area contributed by atoms with E-state index in [2.05, 4.69) is 48.3 Å². The van der Waals surface area contributed by atoms with E-state index in [1.54, 1.807) is 24.4 Å². The minimum atomic E-state index is -3.70. The molecule has 0 saturated carbocycles. The van der Waals surface area contributed by atoms with Gasteiger partial charge >= 0.3 is 0 Å². The Morgan fingerprint density at radius 3 is 2.22 bits per heavy atom. The van der Waals surface area contributed by atoms with Gasteiger partial charge in [-0.05, 0) is 58.7 Å². The van der Waals surface area contributed by atoms with Crippen LogP contribution in [0.5, 0.6) is 0 Å². The second kappa shape index (κ2) is 6.85. The molecule has 8 heteroatoms. The molecule has 2 aromatic rings. The van der Waals surface area contributed by atoms with Crippen LogP contribution in [-0.2, 0) is 10.0 Å². The summed E-state index contributed by atoms with van der Waals surface area (Å²) in [5.41, 5.74) is 1.58. The van der Waals surface area contributed by atoms with Gasteiger partial charge in [0.2, 0.25) is 16.0 Å². The Bertz CT molecular complexity index is 907. The summed E-state index contributed by atoms with van der Waals surface area (Å²) >= 11 is 0. The molecule has 1 aliphatic rings. The molecule has 0 bridgehead atoms. The van der Waals surface area contributed by atoms with Crippen molar-refractivity contribution in [3.05, 3.63) is 36.5 Å². The molecule has 1 aromatic carbocycles. The fourth-order valence-corrected chi connectivity index (χ4v) is 4.53. The van der Waals surface area contributed by atoms with Gasteiger partial charge in [-0.2, -0.15) is 0 Å². The van der Waals surface area contributed by atoms with Crippen LogP contribution in [0.25, 0.3) is 11.3 Å². The zero-order valence-corrected chi connectivity index (χ0v) is 17.0. The van der Waals surface area contributed by atoms with E-state index in [0.717, 1.165) is 24.1 Å². The number of sulfonamides is 1. The van der Waals surface area contributed by atoms with Gasteiger partial charge in [0.25, 0.3) is 0 Å². The highest BCUT2D eigenvalue weighted by molar-refractivity contribution is 7.89. The lowest BCUT2D eigenvalue weighted by Crippen LogP contribution is -2.60. The minimum absolute atomic E-state index is 0.0283. The number of nitrogens with two attached hydrogens (primary N) is 1. The van der Waals surface area contributed by atoms with Gasteiger partial charge in [0.15, 0.2) is 0 Å². The summed E-state index contributed by atoms with van der Waals surface area (Å²) in [4.78, 5) is 9.04. The van der Waals surface area contributed by atoms with Gasteiger partial charge in [-0.25, -0.2) is 23.5 Å². The van der Waals surface area contributed by atoms with Crippen molar-refractivity contribution in [1.82, 2.24) is 15.3 Å². The third-order valence-corrected chi connectivity index (χ3v) is 5.59. The largest absolute Gasteiger partial charge is 0.351 e. The first kappa shape index (κ1) is 19.7. The molecule has 1 saturated heterocycles. The summed E-state index contributed by atoms with van der Waals surface area (Å²) in [5, 5.41) is 12.3. The summed E-state index contributed by atoms with van der Waals surface area (Å²) in [5.74, 6) is 0.571. The van der Waals surface area contributed by atoms with E-state index in [4.69, 9.17) is 5.14 Å². The summed E-state index contributed by atoms with van der Waals surface area (Å²) < 4.78 is 22.8. The van der Waals surface area contributed by atoms with Crippen LogP contribution in [0, 0.1) is 0 Å². The van der Waals surface area contributed by atoms with Crippen LogP contribution in [0.3, 0.4) is 0 Å². The number of piperidine rings is 1. The first-order chi connectivity index (χ1) is 12.4. The average Bonchev–Trinajstić information content (AvgIpc) is 2.51. The summed E-state index contributed by atoms with van der Waals surface area (Å²) in [6.07, 6.45) is 3.63. The van der Waals surface area contributed by atoms with E-state index in [-0.39, 0.29) is 22.0 Å². The quantitative estimate of drug-likeness (QED) is 0.741. The Hall–Kier alpha value is -2.03. The topological polar surface area (TPSA) is 110 Å². The molecule has 2 heterocycles. The Morgan fingerprint density at radius 1 is 1.07 bits per heavy atom. The SMILES string of the molecule is CC1(C)CC(Nc2nccc(-c3ccc(S(N)(=O)=O)cc3)n2)CC(C)(C)N1. The molecule has 0 aliphatic carbocycles. The fraction of sp³-hybridized carbons (Fsp3) is 0.474. The number of aromatic nitrogens is 2. The highest BCUT2D eigenvalue weighted by Crippen LogP contribution is 2.30. The zero-order valence-electron chi connectivity index (χ0n) is 16.2. The predicted octanol–water partition coefficient (Wildman–Crippen LogP) is 2.51. The normalized spacial score (nSPS) is 19.6. The molecular weight excluding hydrogens is 362 g/mol. The van der Waals surface area contributed by atoms with Crippen LogP contribution in [0.15, 0.2) is 41.4 Å². The summed E-state index contributed by atoms with van der Waals surface area (Å²) in [6, 6.07) is 8.42. The predicted molar refractivity (Wildman–Crippen MR) is 107 cm³/mol. The molecule has 0 radical (unpaired) electrons. The first-order valence-corrected chi connectivity index (χ1v) is 10.5. The van der Waals surface area contributed by atoms with Crippen LogP contribution in [0.4, 0.5) is 5.95 Å². The second-order valence-corrected chi connectivity index (χ2v) is 10.0. The van der Waals surface area contributed by atoms with Crippen molar-refractivity contribution in [3.63, 3.8) is 0 Å². The minimum Gasteiger partial charge on any atom is -0.351 e. The number of hydrogen-bond acceptors (Lipinski definition) is 6. The van der Waals surface area contributed by atoms with E-state index in [1.165, 1.54) is 12.1 Å². The number of primary sulfonamides is 1. The number of hydrogen-bond donors (Lipinski definition) is 3. The van der Waals surface area contributed by atoms with Crippen molar-refractivity contribution >= 4 is 16.0 Å². The number of anilines is 1. The van der Waals surface area contributed by atoms with Gasteiger partial charge in [0, 0.05) is 28.9 Å². The molecule has 0 amide bonds. The van der Waals surface area contributed by atoms with Gasteiger partial charge in [-0.1, -0.05) is 12.1 Å². The van der Waals surface area contributed by atoms with Crippen molar-refractivity contribution in [2.75, 3.05) is 5.32 Å². The lowest BCUT2D eigenvalue weighted by molar-refractivity contribution is 0.170. The molecule has 4 N–H and O–H groups in total. The fourth-order valence-electron chi connectivity index (χ4n) is 4.01. The number of nitrogens with one attached hydrogen (secondary N) is 2. The average molecular weight is 390 g/mol. The standard InChI is InChI=1S/C19H27N5O2S/c1-18(2)11-14(12-19(3,4)24-18)22-17-21-10-9-16(23-17)13-5-7-15(8-6-13)27(20,25)26/h5-10,14,24H,11-12H2,1-4H3,(H2,20,25,26)(H,21,22,23). The summed E-state index contributed by atoms with van der Waals surface area (Å²) in [6.45, 7) is 8.81. The maximum Gasteiger partial charge on any atom is 0.238 e. The van der Waals surface area contributed by atoms with Crippen molar-refractivity contribution in [2.45, 2.75) is 62.6 Å². The monoisotopic (exact) mass is 389 g/mol. The highest BCUT2D eigenvalue weighted by atomic mass is 32.2. The molecule has 1 aromatic heterocycles. The van der Waals surface area contributed by atoms with Crippen LogP contribution < -0.4 is 15.8 Å². The van der Waals surface area contributed by atoms with Gasteiger partial charge in [0.05, 0.1) is 10.6 Å². The van der Waals surface area contributed by atoms with Gasteiger partial charge in [-0.15, -0.1) is 0 Å². The Kier molecular flexibility index (Phi) is 5.00. The van der Waals surface area contributed by atoms with E-state index in [0.29, 0.717) is 5.95 Å². The maximum absolute atomic E-state index is 11.4. The van der Waals surface area contributed by atoms with Crippen LogP contribution in [0.1, 0.15) is 40.5 Å². The molecule has 7 nitrogen and oxygen atoms in total. The van der Waals surface area contributed by atoms with Crippen molar-refractivity contribution in [3.8, 4) is 11.3 Å². The smallest absolute Gasteiger partial charge is 0.238 e. The molecule has 146 valence electrons. The van der Waals surface area contributed by atoms with E-state index >= 15 is 0 Å². The van der Waals surface area contributed by atoms with E-state index in [9.17, 15) is 8.42 Å². The lowest BCUT2D eigenvalue weighted by Gasteiger charge is -2.46. The third kappa shape index (κ3) is 5.03. The van der Waals surface area contributed by atoms with Gasteiger partial charge < -0.3 is 10.6 Å². The first-order valence-electron chi connectivity index (χ1n) is 8.96. The molecule has 0 unspecified atom stereocenters. The zero-order chi connectivity index (χ0) is 19.9.